The molecule has 0 fully saturated rings. The van der Waals surface area contributed by atoms with Crippen molar-refractivity contribution in [1.29, 1.82) is 0 Å². The molecule has 0 spiro atoms. The van der Waals surface area contributed by atoms with Crippen molar-refractivity contribution < 1.29 is 13.5 Å². The van der Waals surface area contributed by atoms with E-state index in [1.165, 1.54) is 0 Å². The van der Waals surface area contributed by atoms with Crippen molar-refractivity contribution in [1.82, 2.24) is 5.32 Å². The highest BCUT2D eigenvalue weighted by molar-refractivity contribution is 7.98. The van der Waals surface area contributed by atoms with E-state index in [0.717, 1.165) is 0 Å². The minimum atomic E-state index is -2.90. The van der Waals surface area contributed by atoms with Crippen LogP contribution in [0.1, 0.15) is 13.8 Å². The van der Waals surface area contributed by atoms with Crippen LogP contribution in [-0.2, 0) is 9.84 Å². The van der Waals surface area contributed by atoms with Crippen LogP contribution in [0.5, 0.6) is 0 Å². The lowest BCUT2D eigenvalue weighted by Crippen LogP contribution is -2.41. The molecule has 2 N–H and O–H groups in total. The molecule has 0 aromatic carbocycles. The highest BCUT2D eigenvalue weighted by Gasteiger charge is 2.18. The van der Waals surface area contributed by atoms with Crippen LogP contribution in [0.2, 0.25) is 0 Å². The molecule has 4 nitrogen and oxygen atoms in total. The fourth-order valence-corrected chi connectivity index (χ4v) is 2.56. The molecule has 0 rings (SSSR count). The molecule has 0 bridgehead atoms. The number of nitrogens with one attached hydrogen (secondary N) is 1. The van der Waals surface area contributed by atoms with Gasteiger partial charge in [0.1, 0.15) is 0 Å². The minimum Gasteiger partial charge on any atom is -0.388 e. The third kappa shape index (κ3) is 8.07. The fourth-order valence-electron chi connectivity index (χ4n) is 1.09. The van der Waals surface area contributed by atoms with Crippen LogP contribution in [0.15, 0.2) is 0 Å². The van der Waals surface area contributed by atoms with Gasteiger partial charge in [-0.3, -0.25) is 0 Å². The summed E-state index contributed by atoms with van der Waals surface area (Å²) in [6.07, 6.45) is 1.93. The molecule has 92 valence electrons. The first-order valence-electron chi connectivity index (χ1n) is 4.95. The van der Waals surface area contributed by atoms with Crippen molar-refractivity contribution in [3.05, 3.63) is 0 Å². The summed E-state index contributed by atoms with van der Waals surface area (Å²) in [6, 6.07) is 0. The standard InChI is InChI=1S/C9H21NO3S2/c1-4-15(12,13)6-5-10-7-9(2,11)8-14-3/h10-11H,4-8H2,1-3H3. The molecule has 1 atom stereocenters. The first kappa shape index (κ1) is 15.2. The third-order valence-electron chi connectivity index (χ3n) is 1.99. The second-order valence-electron chi connectivity index (χ2n) is 3.84. The van der Waals surface area contributed by atoms with E-state index in [9.17, 15) is 13.5 Å². The van der Waals surface area contributed by atoms with E-state index in [1.807, 2.05) is 6.26 Å². The maximum Gasteiger partial charge on any atom is 0.151 e. The van der Waals surface area contributed by atoms with E-state index in [2.05, 4.69) is 5.32 Å². The van der Waals surface area contributed by atoms with E-state index in [-0.39, 0.29) is 11.5 Å². The Bertz CT molecular complexity index is 263. The van der Waals surface area contributed by atoms with Crippen molar-refractivity contribution in [2.45, 2.75) is 19.4 Å². The molecule has 0 radical (unpaired) electrons. The average Bonchev–Trinajstić information content (AvgIpc) is 2.13. The lowest BCUT2D eigenvalue weighted by atomic mass is 10.1. The van der Waals surface area contributed by atoms with E-state index >= 15 is 0 Å². The van der Waals surface area contributed by atoms with E-state index in [1.54, 1.807) is 25.6 Å². The zero-order valence-electron chi connectivity index (χ0n) is 9.62. The molecule has 0 aliphatic heterocycles. The van der Waals surface area contributed by atoms with Gasteiger partial charge in [0.05, 0.1) is 11.4 Å². The summed E-state index contributed by atoms with van der Waals surface area (Å²) in [6.45, 7) is 4.21. The monoisotopic (exact) mass is 255 g/mol. The number of rotatable bonds is 8. The highest BCUT2D eigenvalue weighted by Crippen LogP contribution is 2.08. The molecule has 1 unspecified atom stereocenters. The van der Waals surface area contributed by atoms with Gasteiger partial charge in [-0.05, 0) is 13.2 Å². The van der Waals surface area contributed by atoms with Gasteiger partial charge in [-0.1, -0.05) is 6.92 Å². The van der Waals surface area contributed by atoms with Gasteiger partial charge < -0.3 is 10.4 Å². The molecule has 0 aromatic rings. The molecule has 0 heterocycles. The van der Waals surface area contributed by atoms with Crippen LogP contribution in [0.4, 0.5) is 0 Å². The third-order valence-corrected chi connectivity index (χ3v) is 4.61. The predicted octanol–water partition coefficient (Wildman–Crippen LogP) is 0.125. The van der Waals surface area contributed by atoms with Crippen LogP contribution in [-0.4, -0.2) is 55.7 Å². The summed E-state index contributed by atoms with van der Waals surface area (Å²) in [5.41, 5.74) is -0.768. The lowest BCUT2D eigenvalue weighted by molar-refractivity contribution is 0.0856. The van der Waals surface area contributed by atoms with Crippen molar-refractivity contribution in [2.24, 2.45) is 0 Å². The normalized spacial score (nSPS) is 16.3. The van der Waals surface area contributed by atoms with Crippen molar-refractivity contribution >= 4 is 21.6 Å². The molecule has 0 amide bonds. The first-order valence-corrected chi connectivity index (χ1v) is 8.17. The second-order valence-corrected chi connectivity index (χ2v) is 7.18. The number of hydrogen-bond donors (Lipinski definition) is 2. The van der Waals surface area contributed by atoms with Gasteiger partial charge in [-0.15, -0.1) is 0 Å². The second kappa shape index (κ2) is 6.73. The van der Waals surface area contributed by atoms with Gasteiger partial charge in [0.15, 0.2) is 9.84 Å². The Morgan fingerprint density at radius 1 is 1.47 bits per heavy atom. The largest absolute Gasteiger partial charge is 0.388 e. The van der Waals surface area contributed by atoms with Crippen LogP contribution in [0, 0.1) is 0 Å². The molecule has 6 heteroatoms. The van der Waals surface area contributed by atoms with Crippen LogP contribution in [0.25, 0.3) is 0 Å². The van der Waals surface area contributed by atoms with Crippen LogP contribution < -0.4 is 5.32 Å². The summed E-state index contributed by atoms with van der Waals surface area (Å²) in [5, 5.41) is 12.7. The van der Waals surface area contributed by atoms with Crippen LogP contribution >= 0.6 is 11.8 Å². The van der Waals surface area contributed by atoms with Gasteiger partial charge >= 0.3 is 0 Å². The number of sulfone groups is 1. The topological polar surface area (TPSA) is 66.4 Å². The summed E-state index contributed by atoms with van der Waals surface area (Å²) < 4.78 is 22.3. The molecule has 0 aliphatic rings. The van der Waals surface area contributed by atoms with Gasteiger partial charge in [0.25, 0.3) is 0 Å². The number of hydrogen-bond acceptors (Lipinski definition) is 5. The van der Waals surface area contributed by atoms with E-state index < -0.39 is 15.4 Å². The summed E-state index contributed by atoms with van der Waals surface area (Å²) >= 11 is 1.57. The molecule has 0 aromatic heterocycles. The quantitative estimate of drug-likeness (QED) is 0.603. The maximum absolute atomic E-state index is 11.1. The Hall–Kier alpha value is 0.220. The minimum absolute atomic E-state index is 0.138. The highest BCUT2D eigenvalue weighted by atomic mass is 32.2. The Morgan fingerprint density at radius 3 is 2.53 bits per heavy atom. The maximum atomic E-state index is 11.1. The molecule has 0 aliphatic carbocycles. The molecular formula is C9H21NO3S2. The fraction of sp³-hybridized carbons (Fsp3) is 1.00. The average molecular weight is 255 g/mol. The first-order chi connectivity index (χ1) is 6.83. The van der Waals surface area contributed by atoms with Crippen molar-refractivity contribution in [3.8, 4) is 0 Å². The van der Waals surface area contributed by atoms with E-state index in [0.29, 0.717) is 18.8 Å². The smallest absolute Gasteiger partial charge is 0.151 e. The summed E-state index contributed by atoms with van der Waals surface area (Å²) in [4.78, 5) is 0. The Kier molecular flexibility index (Phi) is 6.83. The summed E-state index contributed by atoms with van der Waals surface area (Å²) in [7, 11) is -2.90. The lowest BCUT2D eigenvalue weighted by Gasteiger charge is -2.22. The molecule has 15 heavy (non-hydrogen) atoms. The molecule has 0 saturated heterocycles. The zero-order chi connectivity index (χ0) is 11.9. The predicted molar refractivity (Wildman–Crippen MR) is 66.2 cm³/mol. The molecular weight excluding hydrogens is 234 g/mol. The molecule has 0 saturated carbocycles. The summed E-state index contributed by atoms with van der Waals surface area (Å²) in [5.74, 6) is 0.954. The van der Waals surface area contributed by atoms with Gasteiger partial charge in [0.2, 0.25) is 0 Å². The van der Waals surface area contributed by atoms with E-state index in [4.69, 9.17) is 0 Å². The number of aliphatic hydroxyl groups is 1. The van der Waals surface area contributed by atoms with Crippen LogP contribution in [0.3, 0.4) is 0 Å². The Morgan fingerprint density at radius 2 is 2.07 bits per heavy atom. The Balaban J connectivity index is 3.72. The SMILES string of the molecule is CCS(=O)(=O)CCNCC(C)(O)CSC. The van der Waals surface area contributed by atoms with Gasteiger partial charge in [-0.25, -0.2) is 8.42 Å². The van der Waals surface area contributed by atoms with Crippen molar-refractivity contribution in [2.75, 3.05) is 36.6 Å². The zero-order valence-corrected chi connectivity index (χ0v) is 11.2. The number of thioether (sulfide) groups is 1. The Labute approximate surface area is 96.8 Å². The van der Waals surface area contributed by atoms with Gasteiger partial charge in [-0.2, -0.15) is 11.8 Å². The van der Waals surface area contributed by atoms with Crippen molar-refractivity contribution in [3.63, 3.8) is 0 Å². The van der Waals surface area contributed by atoms with Gasteiger partial charge in [0, 0.05) is 24.6 Å².